The summed E-state index contributed by atoms with van der Waals surface area (Å²) in [5, 5.41) is 35.7. The van der Waals surface area contributed by atoms with Gasteiger partial charge in [-0.1, -0.05) is 19.3 Å². The van der Waals surface area contributed by atoms with Gasteiger partial charge in [0.2, 0.25) is 29.5 Å². The number of rotatable bonds is 48. The number of carbonyl (C=O) groups is 14. The van der Waals surface area contributed by atoms with Gasteiger partial charge in [-0.15, -0.1) is 0 Å². The Morgan fingerprint density at radius 3 is 0.690 bits per heavy atom. The molecule has 13 amide bonds. The molecule has 0 saturated carbocycles. The topological polar surface area (TPSA) is 469 Å². The number of hydrogen-bond donors (Lipinski definition) is 13. The quantitative estimate of drug-likeness (QED) is 0.0199. The van der Waals surface area contributed by atoms with Crippen molar-refractivity contribution in [1.82, 2.24) is 69.1 Å². The minimum Gasteiger partial charge on any atom is -0.444 e. The van der Waals surface area contributed by atoms with Crippen molar-refractivity contribution in [3.8, 4) is 0 Å². The van der Waals surface area contributed by atoms with Crippen molar-refractivity contribution < 1.29 is 105 Å². The Kier molecular flexibility index (Phi) is 48.8. The number of amides is 13. The molecule has 0 heterocycles. The summed E-state index contributed by atoms with van der Waals surface area (Å²) in [6.45, 7) is 42.0. The van der Waals surface area contributed by atoms with E-state index in [2.05, 4.69) is 69.1 Å². The highest BCUT2D eigenvalue weighted by atomic mass is 16.6. The summed E-state index contributed by atoms with van der Waals surface area (Å²) in [5.41, 5.74) is -6.55. The molecule has 0 aromatic carbocycles. The van der Waals surface area contributed by atoms with E-state index in [0.29, 0.717) is 77.0 Å². The molecule has 35 heteroatoms. The molecule has 670 valence electrons. The van der Waals surface area contributed by atoms with Crippen LogP contribution in [0, 0.1) is 5.92 Å². The zero-order chi connectivity index (χ0) is 88.9. The van der Waals surface area contributed by atoms with Crippen molar-refractivity contribution >= 4 is 84.1 Å². The van der Waals surface area contributed by atoms with Gasteiger partial charge in [0, 0.05) is 58.8 Å². The largest absolute Gasteiger partial charge is 0.444 e. The summed E-state index contributed by atoms with van der Waals surface area (Å²) in [5.74, 6) is -4.47. The monoisotopic (exact) mass is 1660 g/mol. The van der Waals surface area contributed by atoms with E-state index in [0.717, 1.165) is 0 Å². The van der Waals surface area contributed by atoms with E-state index in [9.17, 15) is 67.1 Å². The molecule has 0 fully saturated rings. The first kappa shape index (κ1) is 107. The average Bonchev–Trinajstić information content (AvgIpc) is 0.844. The maximum atomic E-state index is 14.5. The van der Waals surface area contributed by atoms with E-state index in [-0.39, 0.29) is 110 Å². The molecule has 0 aromatic heterocycles. The van der Waals surface area contributed by atoms with Gasteiger partial charge >= 0.3 is 48.7 Å². The Labute approximate surface area is 689 Å². The molecule has 0 aliphatic carbocycles. The van der Waals surface area contributed by atoms with Crippen LogP contribution in [0.1, 0.15) is 301 Å². The summed E-state index contributed by atoms with van der Waals surface area (Å²) < 4.78 is 43.3. The van der Waals surface area contributed by atoms with Gasteiger partial charge in [0.25, 0.3) is 0 Å². The maximum Gasteiger partial charge on any atom is 0.408 e. The van der Waals surface area contributed by atoms with E-state index in [1.54, 1.807) is 166 Å². The normalized spacial score (nSPS) is 13.6. The molecule has 0 aromatic rings. The number of hydrogen-bond acceptors (Lipinski definition) is 22. The van der Waals surface area contributed by atoms with Crippen molar-refractivity contribution in [3.05, 3.63) is 0 Å². The van der Waals surface area contributed by atoms with Crippen molar-refractivity contribution in [2.24, 2.45) is 5.92 Å². The number of alkyl carbamates (subject to hydrolysis) is 8. The molecule has 0 radical (unpaired) electrons. The van der Waals surface area contributed by atoms with Gasteiger partial charge < -0.3 is 107 Å². The molecule has 35 nitrogen and oxygen atoms in total. The Bertz CT molecular complexity index is 3060. The van der Waals surface area contributed by atoms with Gasteiger partial charge in [0.15, 0.2) is 5.78 Å². The number of ketones is 1. The number of Topliss-reactive ketones (excluding diaryl/α,β-unsaturated/α-hetero) is 1. The van der Waals surface area contributed by atoms with Crippen LogP contribution in [0.25, 0.3) is 0 Å². The molecule has 0 saturated heterocycles. The molecule has 13 N–H and O–H groups in total. The summed E-state index contributed by atoms with van der Waals surface area (Å²) in [7, 11) is 0. The van der Waals surface area contributed by atoms with Crippen LogP contribution in [0.4, 0.5) is 38.4 Å². The highest BCUT2D eigenvalue weighted by molar-refractivity contribution is 5.94. The predicted molar refractivity (Wildman–Crippen MR) is 439 cm³/mol. The lowest BCUT2D eigenvalue weighted by Gasteiger charge is -2.28. The summed E-state index contributed by atoms with van der Waals surface area (Å²) >= 11 is 0. The fourth-order valence-electron chi connectivity index (χ4n) is 10.8. The minimum atomic E-state index is -1.41. The van der Waals surface area contributed by atoms with Crippen LogP contribution in [-0.4, -0.2) is 211 Å². The van der Waals surface area contributed by atoms with Crippen LogP contribution in [0.3, 0.4) is 0 Å². The number of unbranched alkanes of at least 4 members (excludes halogenated alkanes) is 8. The SMILES string of the molecule is CC(C)(C)OC(=O)NCCCC[C@H](NC(=O)OC(C)(C)C)C(=O)NCCCC[C@H](NC(=O)[C@H](CCCCNC(=O)OC(C)(C)C)NC(=O)OC(C)(C)C)C(=O)NCCCCCCNC(=O)[C@@H](CCCCNC(=O)[C@H](CCCCNC(=O)OC(C)(C)C)NC(=O)OC(C)(C)C)[C@@H](NC(=O)OC(C)(C)C)C(=O)CCCNC(=O)OC(C)(C)C. The number of carbonyl (C=O) groups excluding carboxylic acids is 14. The molecule has 6 atom stereocenters. The Hall–Kier alpha value is -8.82. The van der Waals surface area contributed by atoms with Gasteiger partial charge in [-0.25, -0.2) is 38.4 Å². The zero-order valence-corrected chi connectivity index (χ0v) is 74.5. The molecule has 0 rings (SSSR count). The van der Waals surface area contributed by atoms with Crippen molar-refractivity contribution in [1.29, 1.82) is 0 Å². The third-order valence-electron chi connectivity index (χ3n) is 15.6. The zero-order valence-electron chi connectivity index (χ0n) is 74.5. The smallest absolute Gasteiger partial charge is 0.408 e. The van der Waals surface area contributed by atoms with Gasteiger partial charge in [-0.2, -0.15) is 0 Å². The van der Waals surface area contributed by atoms with Crippen LogP contribution in [-0.2, 0) is 66.7 Å². The average molecular weight is 1660 g/mol. The van der Waals surface area contributed by atoms with Crippen molar-refractivity contribution in [2.45, 2.75) is 376 Å². The van der Waals surface area contributed by atoms with Gasteiger partial charge in [0.1, 0.15) is 75.0 Å². The highest BCUT2D eigenvalue weighted by Gasteiger charge is 2.37. The lowest BCUT2D eigenvalue weighted by molar-refractivity contribution is -0.132. The first-order valence-corrected chi connectivity index (χ1v) is 41.1. The Balaban J connectivity index is 6.80. The number of nitrogens with one attached hydrogen (secondary N) is 13. The lowest BCUT2D eigenvalue weighted by atomic mass is 9.88. The van der Waals surface area contributed by atoms with E-state index < -0.39 is 165 Å². The second-order valence-electron chi connectivity index (χ2n) is 36.7. The molecule has 0 aliphatic rings. The molecule has 116 heavy (non-hydrogen) atoms. The summed E-state index contributed by atoms with van der Waals surface area (Å²) in [6, 6.07) is -5.77. The fraction of sp³-hybridized carbons (Fsp3) is 0.827. The molecular weight excluding hydrogens is 1510 g/mol. The third-order valence-corrected chi connectivity index (χ3v) is 15.6. The Morgan fingerprint density at radius 2 is 0.414 bits per heavy atom. The van der Waals surface area contributed by atoms with Gasteiger partial charge in [0.05, 0.1) is 5.92 Å². The van der Waals surface area contributed by atoms with E-state index in [4.69, 9.17) is 37.9 Å². The van der Waals surface area contributed by atoms with Crippen LogP contribution >= 0.6 is 0 Å². The van der Waals surface area contributed by atoms with E-state index >= 15 is 0 Å². The molecule has 0 aliphatic heterocycles. The molecule has 0 spiro atoms. The maximum absolute atomic E-state index is 14.5. The molecule has 0 unspecified atom stereocenters. The predicted octanol–water partition coefficient (Wildman–Crippen LogP) is 11.0. The van der Waals surface area contributed by atoms with Crippen molar-refractivity contribution in [3.63, 3.8) is 0 Å². The summed E-state index contributed by atoms with van der Waals surface area (Å²) in [4.78, 5) is 187. The first-order valence-electron chi connectivity index (χ1n) is 41.1. The van der Waals surface area contributed by atoms with Gasteiger partial charge in [-0.05, 0) is 275 Å². The minimum absolute atomic E-state index is 0.0336. The van der Waals surface area contributed by atoms with E-state index in [1.807, 2.05) is 0 Å². The van der Waals surface area contributed by atoms with Crippen LogP contribution in [0.2, 0.25) is 0 Å². The molecule has 0 bridgehead atoms. The van der Waals surface area contributed by atoms with Crippen molar-refractivity contribution in [2.75, 3.05) is 52.4 Å². The van der Waals surface area contributed by atoms with E-state index in [1.165, 1.54) is 0 Å². The molecular formula is C81H149N13O22. The summed E-state index contributed by atoms with van der Waals surface area (Å²) in [6.07, 6.45) is 0.260. The van der Waals surface area contributed by atoms with Crippen LogP contribution in [0.5, 0.6) is 0 Å². The van der Waals surface area contributed by atoms with Crippen LogP contribution < -0.4 is 69.1 Å². The Morgan fingerprint density at radius 1 is 0.207 bits per heavy atom. The number of ether oxygens (including phenoxy) is 8. The second kappa shape index (κ2) is 52.8. The van der Waals surface area contributed by atoms with Crippen LogP contribution in [0.15, 0.2) is 0 Å². The first-order chi connectivity index (χ1) is 53.3. The third kappa shape index (κ3) is 60.7. The lowest BCUT2D eigenvalue weighted by Crippen LogP contribution is -2.54. The van der Waals surface area contributed by atoms with Gasteiger partial charge in [-0.3, -0.25) is 28.8 Å². The fourth-order valence-corrected chi connectivity index (χ4v) is 10.8. The highest BCUT2D eigenvalue weighted by Crippen LogP contribution is 2.21. The standard InChI is InChI=1S/C81H149N13O22/c1-74(2,3)109-66(101)86-50-36-29-42-56(91-70(105)113-78(13,14)15)63(98)84-48-34-27-40-54(60(94-73(108)116-81(22,23)24)59(95)45-39-53-89-69(104)112-77(10,11)12)61(96)82-46-32-25-26-33-47-83-62(97)55(90-65(100)58(93-72(107)115-80(19,20)21)44-31-38-52-88-68(103)111-76(7,8)9)41-28-35-49-85-64(99)57(92-71(106)114-79(16,17)18)43-30-37-51-87-67(102)110-75(4,5)6/h54-58,60H,25-53H2,1-24H3,(H,82,96)(H,83,97)(H,84,98)(H,85,99)(H,86,101)(H,87,102)(H,88,103)(H,89,104)(H,90,100)(H,91,105)(H,92,106)(H,93,107)(H,94,108)/t54-,55-,56-,57-,58-,60+/m0/s1. The second-order valence-corrected chi connectivity index (χ2v) is 36.7.